The van der Waals surface area contributed by atoms with E-state index in [0.717, 1.165) is 47.6 Å². The monoisotopic (exact) mass is 518 g/mol. The molecule has 1 aliphatic carbocycles. The van der Waals surface area contributed by atoms with Crippen LogP contribution >= 0.6 is 34.5 Å². The SMILES string of the molecule is O=[N+]([O-])c1cc([C@H]2CC[C@H](c3ccc(Cl)c([N+](=O)[O-])c3)N2c2nc3c(s2)CCCC3)ccc1Cl. The van der Waals surface area contributed by atoms with Crippen molar-refractivity contribution in [1.82, 2.24) is 4.98 Å². The Labute approximate surface area is 209 Å². The Bertz CT molecular complexity index is 1200. The van der Waals surface area contributed by atoms with E-state index in [1.54, 1.807) is 23.5 Å². The standard InChI is InChI=1S/C23H20Cl2N4O4S/c24-15-7-5-13(11-20(15)28(30)31)18-9-10-19(14-6-8-16(25)21(12-14)29(32)33)27(18)23-26-17-3-1-2-4-22(17)34-23/h5-8,11-12,18-19H,1-4,9-10H2/t18-,19-/m1/s1. The molecule has 0 amide bonds. The Kier molecular flexibility index (Phi) is 6.18. The third-order valence-electron chi connectivity index (χ3n) is 6.54. The Balaban J connectivity index is 1.61. The quantitative estimate of drug-likeness (QED) is 0.260. The first-order valence-corrected chi connectivity index (χ1v) is 12.6. The van der Waals surface area contributed by atoms with E-state index in [2.05, 4.69) is 4.90 Å². The number of anilines is 1. The summed E-state index contributed by atoms with van der Waals surface area (Å²) in [4.78, 5) is 30.5. The molecule has 1 aliphatic heterocycles. The number of halogens is 2. The first kappa shape index (κ1) is 23.0. The molecule has 0 unspecified atom stereocenters. The third-order valence-corrected chi connectivity index (χ3v) is 8.35. The number of nitrogens with zero attached hydrogens (tertiary/aromatic N) is 4. The van der Waals surface area contributed by atoms with Crippen LogP contribution in [0.5, 0.6) is 0 Å². The second-order valence-electron chi connectivity index (χ2n) is 8.53. The molecule has 0 saturated carbocycles. The second-order valence-corrected chi connectivity index (χ2v) is 10.4. The van der Waals surface area contributed by atoms with Crippen molar-refractivity contribution in [2.24, 2.45) is 0 Å². The van der Waals surface area contributed by atoms with Gasteiger partial charge in [-0.1, -0.05) is 35.3 Å². The Morgan fingerprint density at radius 3 is 1.91 bits per heavy atom. The predicted molar refractivity (Wildman–Crippen MR) is 132 cm³/mol. The van der Waals surface area contributed by atoms with Gasteiger partial charge in [-0.25, -0.2) is 4.98 Å². The van der Waals surface area contributed by atoms with E-state index in [4.69, 9.17) is 28.2 Å². The third kappa shape index (κ3) is 4.12. The molecule has 3 aromatic rings. The van der Waals surface area contributed by atoms with Crippen molar-refractivity contribution in [2.75, 3.05) is 4.90 Å². The fourth-order valence-electron chi connectivity index (χ4n) is 4.93. The predicted octanol–water partition coefficient (Wildman–Crippen LogP) is 7.23. The molecule has 1 fully saturated rings. The minimum atomic E-state index is -0.479. The van der Waals surface area contributed by atoms with Crippen LogP contribution in [0.2, 0.25) is 10.0 Å². The van der Waals surface area contributed by atoms with Crippen LogP contribution in [-0.4, -0.2) is 14.8 Å². The van der Waals surface area contributed by atoms with Crippen LogP contribution in [-0.2, 0) is 12.8 Å². The lowest BCUT2D eigenvalue weighted by atomic mass is 10.0. The number of hydrogen-bond donors (Lipinski definition) is 0. The molecule has 0 N–H and O–H groups in total. The molecule has 11 heteroatoms. The molecule has 2 aliphatic rings. The Morgan fingerprint density at radius 2 is 1.41 bits per heavy atom. The number of hydrogen-bond acceptors (Lipinski definition) is 7. The highest BCUT2D eigenvalue weighted by molar-refractivity contribution is 7.15. The smallest absolute Gasteiger partial charge is 0.288 e. The minimum absolute atomic E-state index is 0.0906. The lowest BCUT2D eigenvalue weighted by molar-refractivity contribution is -0.384. The normalized spacial score (nSPS) is 19.8. The summed E-state index contributed by atoms with van der Waals surface area (Å²) in [6, 6.07) is 9.44. The summed E-state index contributed by atoms with van der Waals surface area (Å²) in [6.07, 6.45) is 5.60. The minimum Gasteiger partial charge on any atom is -0.334 e. The van der Waals surface area contributed by atoms with Crippen LogP contribution in [0, 0.1) is 20.2 Å². The molecule has 2 heterocycles. The molecule has 1 saturated heterocycles. The summed E-state index contributed by atoms with van der Waals surface area (Å²) in [6.45, 7) is 0. The first-order chi connectivity index (χ1) is 16.3. The zero-order valence-corrected chi connectivity index (χ0v) is 20.3. The number of thiazole rings is 1. The van der Waals surface area contributed by atoms with Gasteiger partial charge in [-0.2, -0.15) is 0 Å². The summed E-state index contributed by atoms with van der Waals surface area (Å²) in [7, 11) is 0. The molecule has 8 nitrogen and oxygen atoms in total. The van der Waals surface area contributed by atoms with E-state index in [0.29, 0.717) is 12.8 Å². The summed E-state index contributed by atoms with van der Waals surface area (Å²) in [5.74, 6) is 0. The van der Waals surface area contributed by atoms with E-state index >= 15 is 0 Å². The summed E-state index contributed by atoms with van der Waals surface area (Å²) in [5.41, 5.74) is 2.39. The molecule has 1 aromatic heterocycles. The number of fused-ring (bicyclic) bond motifs is 1. The topological polar surface area (TPSA) is 102 Å². The van der Waals surface area contributed by atoms with Crippen molar-refractivity contribution in [3.8, 4) is 0 Å². The fraction of sp³-hybridized carbons (Fsp3) is 0.348. The maximum atomic E-state index is 11.5. The lowest BCUT2D eigenvalue weighted by Crippen LogP contribution is -2.26. The zero-order chi connectivity index (χ0) is 24.0. The molecule has 34 heavy (non-hydrogen) atoms. The van der Waals surface area contributed by atoms with Crippen LogP contribution in [0.25, 0.3) is 0 Å². The van der Waals surface area contributed by atoms with Gasteiger partial charge in [0, 0.05) is 17.0 Å². The number of benzene rings is 2. The zero-order valence-electron chi connectivity index (χ0n) is 17.9. The molecular weight excluding hydrogens is 499 g/mol. The highest BCUT2D eigenvalue weighted by Gasteiger charge is 2.39. The van der Waals surface area contributed by atoms with Gasteiger partial charge in [-0.3, -0.25) is 20.2 Å². The van der Waals surface area contributed by atoms with Crippen molar-refractivity contribution in [1.29, 1.82) is 0 Å². The molecule has 5 rings (SSSR count). The van der Waals surface area contributed by atoms with E-state index < -0.39 is 9.85 Å². The van der Waals surface area contributed by atoms with E-state index in [-0.39, 0.29) is 33.5 Å². The van der Waals surface area contributed by atoms with E-state index in [1.165, 1.54) is 17.0 Å². The number of rotatable bonds is 5. The highest BCUT2D eigenvalue weighted by atomic mass is 35.5. The van der Waals surface area contributed by atoms with Crippen LogP contribution in [0.15, 0.2) is 36.4 Å². The number of aromatic nitrogens is 1. The number of nitro groups is 2. The van der Waals surface area contributed by atoms with E-state index in [1.807, 2.05) is 12.1 Å². The molecule has 2 aromatic carbocycles. The molecular formula is C23H20Cl2N4O4S. The first-order valence-electron chi connectivity index (χ1n) is 11.0. The van der Waals surface area contributed by atoms with Crippen molar-refractivity contribution in [2.45, 2.75) is 50.6 Å². The van der Waals surface area contributed by atoms with Gasteiger partial charge in [-0.05, 0) is 61.8 Å². The van der Waals surface area contributed by atoms with Crippen molar-refractivity contribution in [3.63, 3.8) is 0 Å². The lowest BCUT2D eigenvalue weighted by Gasteiger charge is -2.30. The van der Waals surface area contributed by atoms with Gasteiger partial charge in [-0.15, -0.1) is 11.3 Å². The Hall–Kier alpha value is -2.75. The molecule has 2 atom stereocenters. The summed E-state index contributed by atoms with van der Waals surface area (Å²) >= 11 is 13.8. The maximum absolute atomic E-state index is 11.5. The van der Waals surface area contributed by atoms with Gasteiger partial charge in [0.25, 0.3) is 11.4 Å². The van der Waals surface area contributed by atoms with Gasteiger partial charge in [0.2, 0.25) is 0 Å². The van der Waals surface area contributed by atoms with Gasteiger partial charge in [0.15, 0.2) is 5.13 Å². The van der Waals surface area contributed by atoms with Gasteiger partial charge >= 0.3 is 0 Å². The van der Waals surface area contributed by atoms with Crippen molar-refractivity contribution in [3.05, 3.63) is 88.4 Å². The van der Waals surface area contributed by atoms with Crippen molar-refractivity contribution < 1.29 is 9.85 Å². The molecule has 0 spiro atoms. The van der Waals surface area contributed by atoms with Crippen LogP contribution in [0.4, 0.5) is 16.5 Å². The van der Waals surface area contributed by atoms with Crippen LogP contribution < -0.4 is 4.90 Å². The van der Waals surface area contributed by atoms with Crippen LogP contribution in [0.3, 0.4) is 0 Å². The van der Waals surface area contributed by atoms with E-state index in [9.17, 15) is 20.2 Å². The average Bonchev–Trinajstić information content (AvgIpc) is 3.43. The average molecular weight is 519 g/mol. The van der Waals surface area contributed by atoms with Gasteiger partial charge in [0.1, 0.15) is 10.0 Å². The summed E-state index contributed by atoms with van der Waals surface area (Å²) in [5, 5.41) is 24.0. The summed E-state index contributed by atoms with van der Waals surface area (Å²) < 4.78 is 0. The largest absolute Gasteiger partial charge is 0.334 e. The second kappa shape index (κ2) is 9.13. The van der Waals surface area contributed by atoms with Crippen molar-refractivity contribution >= 4 is 51.0 Å². The van der Waals surface area contributed by atoms with Gasteiger partial charge in [0.05, 0.1) is 27.6 Å². The fourth-order valence-corrected chi connectivity index (χ4v) is 6.56. The molecule has 0 bridgehead atoms. The molecule has 0 radical (unpaired) electrons. The Morgan fingerprint density at radius 1 is 0.882 bits per heavy atom. The number of aryl methyl sites for hydroxylation is 2. The van der Waals surface area contributed by atoms with Gasteiger partial charge < -0.3 is 4.90 Å². The maximum Gasteiger partial charge on any atom is 0.288 e. The highest BCUT2D eigenvalue weighted by Crippen LogP contribution is 2.50. The molecule has 176 valence electrons. The number of nitro benzene ring substituents is 2. The van der Waals surface area contributed by atoms with Crippen LogP contribution in [0.1, 0.15) is 59.5 Å².